The van der Waals surface area contributed by atoms with E-state index in [1.165, 1.54) is 12.8 Å². The third-order valence-electron chi connectivity index (χ3n) is 2.82. The molecule has 82 valence electrons. The predicted molar refractivity (Wildman–Crippen MR) is 62.2 cm³/mol. The number of hydrogen-bond acceptors (Lipinski definition) is 1. The Morgan fingerprint density at radius 3 is 2.50 bits per heavy atom. The molecule has 0 aromatic heterocycles. The van der Waals surface area contributed by atoms with Crippen LogP contribution in [0.4, 0.5) is 0 Å². The fraction of sp³-hybridized carbons (Fsp3) is 0.846. The van der Waals surface area contributed by atoms with Gasteiger partial charge < -0.3 is 4.74 Å². The first kappa shape index (κ1) is 13.5. The van der Waals surface area contributed by atoms with Gasteiger partial charge in [0.2, 0.25) is 0 Å². The van der Waals surface area contributed by atoms with Crippen molar-refractivity contribution in [2.75, 3.05) is 6.61 Å². The molecule has 2 unspecified atom stereocenters. The van der Waals surface area contributed by atoms with Gasteiger partial charge in [0.1, 0.15) is 5.60 Å². The van der Waals surface area contributed by atoms with E-state index in [0.29, 0.717) is 6.61 Å². The van der Waals surface area contributed by atoms with Crippen molar-refractivity contribution in [3.05, 3.63) is 0 Å². The Balaban J connectivity index is 3.79. The maximum Gasteiger partial charge on any atom is 0.125 e. The summed E-state index contributed by atoms with van der Waals surface area (Å²) >= 11 is 0. The Bertz CT molecular complexity index is 180. The highest BCUT2D eigenvalue weighted by molar-refractivity contribution is 5.05. The maximum absolute atomic E-state index is 5.56. The highest BCUT2D eigenvalue weighted by atomic mass is 16.5. The van der Waals surface area contributed by atoms with Gasteiger partial charge >= 0.3 is 0 Å². The smallest absolute Gasteiger partial charge is 0.125 e. The van der Waals surface area contributed by atoms with Crippen molar-refractivity contribution >= 4 is 0 Å². The van der Waals surface area contributed by atoms with E-state index >= 15 is 0 Å². The highest BCUT2D eigenvalue weighted by Crippen LogP contribution is 2.20. The summed E-state index contributed by atoms with van der Waals surface area (Å²) in [4.78, 5) is 0. The Labute approximate surface area is 89.2 Å². The molecule has 0 aliphatic rings. The molecule has 1 heteroatoms. The summed E-state index contributed by atoms with van der Waals surface area (Å²) in [6.45, 7) is 9.21. The summed E-state index contributed by atoms with van der Waals surface area (Å²) in [6, 6.07) is 0. The third kappa shape index (κ3) is 5.29. The van der Waals surface area contributed by atoms with Crippen LogP contribution in [0.5, 0.6) is 0 Å². The predicted octanol–water partition coefficient (Wildman–Crippen LogP) is 3.63. The quantitative estimate of drug-likeness (QED) is 0.565. The van der Waals surface area contributed by atoms with Gasteiger partial charge in [-0.05, 0) is 32.6 Å². The molecular formula is C13H24O. The van der Waals surface area contributed by atoms with Gasteiger partial charge in [0.05, 0.1) is 0 Å². The largest absolute Gasteiger partial charge is 0.363 e. The van der Waals surface area contributed by atoms with Crippen LogP contribution in [0.1, 0.15) is 53.4 Å². The summed E-state index contributed by atoms with van der Waals surface area (Å²) in [5.74, 6) is 3.55. The minimum Gasteiger partial charge on any atom is -0.363 e. The molecule has 2 atom stereocenters. The number of hydrogen-bond donors (Lipinski definition) is 0. The molecule has 14 heavy (non-hydrogen) atoms. The van der Waals surface area contributed by atoms with Crippen LogP contribution >= 0.6 is 0 Å². The molecule has 0 aromatic rings. The molecule has 0 amide bonds. The molecular weight excluding hydrogens is 172 g/mol. The molecule has 0 saturated carbocycles. The monoisotopic (exact) mass is 196 g/mol. The Morgan fingerprint density at radius 2 is 2.07 bits per heavy atom. The van der Waals surface area contributed by atoms with Crippen LogP contribution in [0.25, 0.3) is 0 Å². The third-order valence-corrected chi connectivity index (χ3v) is 2.82. The zero-order valence-corrected chi connectivity index (χ0v) is 10.1. The summed E-state index contributed by atoms with van der Waals surface area (Å²) in [6.07, 6.45) is 10.1. The van der Waals surface area contributed by atoms with E-state index in [4.69, 9.17) is 11.2 Å². The lowest BCUT2D eigenvalue weighted by molar-refractivity contribution is 0.0129. The summed E-state index contributed by atoms with van der Waals surface area (Å²) in [7, 11) is 0. The average Bonchev–Trinajstić information content (AvgIpc) is 2.18. The normalized spacial score (nSPS) is 17.1. The van der Waals surface area contributed by atoms with Crippen LogP contribution in [0.2, 0.25) is 0 Å². The topological polar surface area (TPSA) is 9.23 Å². The maximum atomic E-state index is 5.56. The highest BCUT2D eigenvalue weighted by Gasteiger charge is 2.20. The number of terminal acetylenes is 1. The van der Waals surface area contributed by atoms with Crippen LogP contribution < -0.4 is 0 Å². The second-order valence-electron chi connectivity index (χ2n) is 4.21. The summed E-state index contributed by atoms with van der Waals surface area (Å²) in [5, 5.41) is 0. The van der Waals surface area contributed by atoms with E-state index in [-0.39, 0.29) is 5.60 Å². The van der Waals surface area contributed by atoms with Crippen LogP contribution in [-0.4, -0.2) is 12.2 Å². The van der Waals surface area contributed by atoms with Gasteiger partial charge in [-0.3, -0.25) is 0 Å². The van der Waals surface area contributed by atoms with Crippen LogP contribution in [0, 0.1) is 18.3 Å². The van der Waals surface area contributed by atoms with Crippen molar-refractivity contribution < 1.29 is 4.74 Å². The molecule has 0 radical (unpaired) electrons. The van der Waals surface area contributed by atoms with Gasteiger partial charge in [0, 0.05) is 6.61 Å². The Morgan fingerprint density at radius 1 is 1.43 bits per heavy atom. The summed E-state index contributed by atoms with van der Waals surface area (Å²) in [5.41, 5.74) is -0.345. The standard InChI is InChI=1S/C13H24O/c1-6-12(4)10-9-11-13(5,7-2)14-8-3/h2,12H,6,8-11H2,1,3-5H3. The molecule has 0 aliphatic heterocycles. The van der Waals surface area contributed by atoms with E-state index in [9.17, 15) is 0 Å². The minimum absolute atomic E-state index is 0.345. The molecule has 0 aliphatic carbocycles. The fourth-order valence-electron chi connectivity index (χ4n) is 1.50. The first-order valence-corrected chi connectivity index (χ1v) is 5.69. The molecule has 0 aromatic carbocycles. The Kier molecular flexibility index (Phi) is 6.66. The number of ether oxygens (including phenoxy) is 1. The Hall–Kier alpha value is -0.480. The van der Waals surface area contributed by atoms with E-state index in [0.717, 1.165) is 18.8 Å². The second kappa shape index (κ2) is 6.90. The first-order chi connectivity index (χ1) is 6.58. The lowest BCUT2D eigenvalue weighted by Gasteiger charge is -2.23. The van der Waals surface area contributed by atoms with Gasteiger partial charge in [-0.1, -0.05) is 32.6 Å². The number of rotatable bonds is 7. The molecule has 0 fully saturated rings. The fourth-order valence-corrected chi connectivity index (χ4v) is 1.50. The van der Waals surface area contributed by atoms with Crippen molar-refractivity contribution in [1.29, 1.82) is 0 Å². The van der Waals surface area contributed by atoms with E-state index < -0.39 is 0 Å². The first-order valence-electron chi connectivity index (χ1n) is 5.69. The molecule has 1 nitrogen and oxygen atoms in total. The molecule has 0 rings (SSSR count). The molecule has 0 bridgehead atoms. The van der Waals surface area contributed by atoms with Crippen molar-refractivity contribution in [1.82, 2.24) is 0 Å². The molecule has 0 saturated heterocycles. The summed E-state index contributed by atoms with van der Waals surface area (Å²) < 4.78 is 5.56. The van der Waals surface area contributed by atoms with Gasteiger partial charge in [-0.25, -0.2) is 0 Å². The second-order valence-corrected chi connectivity index (χ2v) is 4.21. The van der Waals surface area contributed by atoms with E-state index in [1.54, 1.807) is 0 Å². The van der Waals surface area contributed by atoms with Gasteiger partial charge in [-0.15, -0.1) is 6.42 Å². The molecule has 0 spiro atoms. The average molecular weight is 196 g/mol. The lowest BCUT2D eigenvalue weighted by Crippen LogP contribution is -2.26. The lowest BCUT2D eigenvalue weighted by atomic mass is 9.95. The van der Waals surface area contributed by atoms with E-state index in [1.807, 2.05) is 13.8 Å². The van der Waals surface area contributed by atoms with Crippen molar-refractivity contribution in [2.45, 2.75) is 59.0 Å². The molecule has 0 heterocycles. The zero-order valence-electron chi connectivity index (χ0n) is 10.1. The van der Waals surface area contributed by atoms with Crippen molar-refractivity contribution in [2.24, 2.45) is 5.92 Å². The van der Waals surface area contributed by atoms with E-state index in [2.05, 4.69) is 19.8 Å². The van der Waals surface area contributed by atoms with Crippen molar-refractivity contribution in [3.8, 4) is 12.3 Å². The van der Waals surface area contributed by atoms with Crippen LogP contribution in [-0.2, 0) is 4.74 Å². The van der Waals surface area contributed by atoms with Gasteiger partial charge in [0.15, 0.2) is 0 Å². The zero-order chi connectivity index (χ0) is 11.0. The SMILES string of the molecule is C#CC(C)(CCCC(C)CC)OCC. The minimum atomic E-state index is -0.345. The van der Waals surface area contributed by atoms with Gasteiger partial charge in [0.25, 0.3) is 0 Å². The van der Waals surface area contributed by atoms with Crippen LogP contribution in [0.15, 0.2) is 0 Å². The molecule has 0 N–H and O–H groups in total. The van der Waals surface area contributed by atoms with Crippen molar-refractivity contribution in [3.63, 3.8) is 0 Å². The van der Waals surface area contributed by atoms with Crippen LogP contribution in [0.3, 0.4) is 0 Å². The van der Waals surface area contributed by atoms with Gasteiger partial charge in [-0.2, -0.15) is 0 Å².